The number of carbonyl (C=O) groups excluding carboxylic acids is 2. The molecule has 0 unspecified atom stereocenters. The summed E-state index contributed by atoms with van der Waals surface area (Å²) in [5.74, 6) is -1.12. The lowest BCUT2D eigenvalue weighted by molar-refractivity contribution is -0.149. The van der Waals surface area contributed by atoms with Crippen molar-refractivity contribution in [1.29, 1.82) is 0 Å². The molecule has 0 aromatic heterocycles. The van der Waals surface area contributed by atoms with Crippen LogP contribution in [0.4, 0.5) is 0 Å². The molecular formula is C14H21NO4. The fourth-order valence-electron chi connectivity index (χ4n) is 3.37. The fourth-order valence-corrected chi connectivity index (χ4v) is 3.37. The number of imide groups is 1. The smallest absolute Gasteiger partial charge is 0.303 e. The second-order valence-corrected chi connectivity index (χ2v) is 6.40. The van der Waals surface area contributed by atoms with E-state index in [0.717, 1.165) is 25.7 Å². The predicted molar refractivity (Wildman–Crippen MR) is 68.3 cm³/mol. The topological polar surface area (TPSA) is 74.7 Å². The number of carboxylic acids is 1. The van der Waals surface area contributed by atoms with E-state index in [1.165, 1.54) is 4.90 Å². The van der Waals surface area contributed by atoms with Crippen LogP contribution in [0.25, 0.3) is 0 Å². The number of rotatable bonds is 4. The van der Waals surface area contributed by atoms with Crippen LogP contribution in [-0.4, -0.2) is 33.3 Å². The molecule has 0 aromatic carbocycles. The molecule has 1 saturated heterocycles. The van der Waals surface area contributed by atoms with Crippen molar-refractivity contribution in [2.45, 2.75) is 64.3 Å². The Hall–Kier alpha value is -1.39. The van der Waals surface area contributed by atoms with E-state index in [1.54, 1.807) is 13.8 Å². The molecule has 5 nitrogen and oxygen atoms in total. The van der Waals surface area contributed by atoms with Gasteiger partial charge in [0.2, 0.25) is 11.8 Å². The highest BCUT2D eigenvalue weighted by Gasteiger charge is 2.55. The number of hydrogen-bond acceptors (Lipinski definition) is 3. The van der Waals surface area contributed by atoms with Gasteiger partial charge in [0.1, 0.15) is 0 Å². The molecule has 1 saturated carbocycles. The van der Waals surface area contributed by atoms with Gasteiger partial charge >= 0.3 is 5.97 Å². The van der Waals surface area contributed by atoms with E-state index in [2.05, 4.69) is 0 Å². The molecule has 1 N–H and O–H groups in total. The zero-order chi connectivity index (χ0) is 14.3. The van der Waals surface area contributed by atoms with Crippen LogP contribution in [0, 0.1) is 5.41 Å². The molecule has 5 heteroatoms. The predicted octanol–water partition coefficient (Wildman–Crippen LogP) is 1.95. The van der Waals surface area contributed by atoms with Crippen LogP contribution in [0.2, 0.25) is 0 Å². The minimum atomic E-state index is -0.900. The SMILES string of the molecule is CC(C)(CCC(=O)O)N1C(=O)CC2(CCCC2)C1=O. The quantitative estimate of drug-likeness (QED) is 0.790. The molecule has 1 heterocycles. The van der Waals surface area contributed by atoms with Gasteiger partial charge in [0, 0.05) is 18.4 Å². The van der Waals surface area contributed by atoms with E-state index in [1.807, 2.05) is 0 Å². The van der Waals surface area contributed by atoms with Gasteiger partial charge in [0.25, 0.3) is 0 Å². The van der Waals surface area contributed by atoms with Gasteiger partial charge in [-0.2, -0.15) is 0 Å². The van der Waals surface area contributed by atoms with E-state index in [0.29, 0.717) is 12.8 Å². The third-order valence-electron chi connectivity index (χ3n) is 4.51. The van der Waals surface area contributed by atoms with Crippen molar-refractivity contribution in [3.8, 4) is 0 Å². The molecule has 1 aliphatic heterocycles. The van der Waals surface area contributed by atoms with Gasteiger partial charge in [-0.3, -0.25) is 19.3 Å². The normalized spacial score (nSPS) is 22.5. The zero-order valence-corrected chi connectivity index (χ0v) is 11.6. The van der Waals surface area contributed by atoms with Crippen LogP contribution in [0.5, 0.6) is 0 Å². The Balaban J connectivity index is 2.17. The van der Waals surface area contributed by atoms with Crippen LogP contribution >= 0.6 is 0 Å². The van der Waals surface area contributed by atoms with Crippen LogP contribution < -0.4 is 0 Å². The first kappa shape index (κ1) is 14.0. The zero-order valence-electron chi connectivity index (χ0n) is 11.6. The molecule has 0 radical (unpaired) electrons. The van der Waals surface area contributed by atoms with Crippen LogP contribution in [0.1, 0.15) is 58.8 Å². The first-order valence-electron chi connectivity index (χ1n) is 6.88. The Morgan fingerprint density at radius 2 is 1.89 bits per heavy atom. The number of aliphatic carboxylic acids is 1. The number of carbonyl (C=O) groups is 3. The van der Waals surface area contributed by atoms with Crippen molar-refractivity contribution in [2.24, 2.45) is 5.41 Å². The Labute approximate surface area is 113 Å². The molecule has 106 valence electrons. The van der Waals surface area contributed by atoms with Gasteiger partial charge in [0.15, 0.2) is 0 Å². The fraction of sp³-hybridized carbons (Fsp3) is 0.786. The molecular weight excluding hydrogens is 246 g/mol. The molecule has 19 heavy (non-hydrogen) atoms. The monoisotopic (exact) mass is 267 g/mol. The maximum absolute atomic E-state index is 12.6. The highest BCUT2D eigenvalue weighted by molar-refractivity contribution is 6.06. The third kappa shape index (κ3) is 2.38. The lowest BCUT2D eigenvalue weighted by Crippen LogP contribution is -2.49. The Bertz CT molecular complexity index is 421. The maximum Gasteiger partial charge on any atom is 0.303 e. The van der Waals surface area contributed by atoms with E-state index < -0.39 is 16.9 Å². The summed E-state index contributed by atoms with van der Waals surface area (Å²) >= 11 is 0. The van der Waals surface area contributed by atoms with Gasteiger partial charge in [-0.25, -0.2) is 0 Å². The summed E-state index contributed by atoms with van der Waals surface area (Å²) < 4.78 is 0. The molecule has 0 bridgehead atoms. The van der Waals surface area contributed by atoms with Crippen LogP contribution in [0.3, 0.4) is 0 Å². The van der Waals surface area contributed by atoms with Crippen LogP contribution in [-0.2, 0) is 14.4 Å². The van der Waals surface area contributed by atoms with Crippen molar-refractivity contribution in [3.63, 3.8) is 0 Å². The van der Waals surface area contributed by atoms with Gasteiger partial charge in [-0.1, -0.05) is 12.8 Å². The van der Waals surface area contributed by atoms with Crippen LogP contribution in [0.15, 0.2) is 0 Å². The van der Waals surface area contributed by atoms with Gasteiger partial charge in [0.05, 0.1) is 5.41 Å². The van der Waals surface area contributed by atoms with E-state index >= 15 is 0 Å². The summed E-state index contributed by atoms with van der Waals surface area (Å²) in [7, 11) is 0. The molecule has 1 aliphatic carbocycles. The summed E-state index contributed by atoms with van der Waals surface area (Å²) in [6, 6.07) is 0. The Morgan fingerprint density at radius 3 is 2.42 bits per heavy atom. The highest BCUT2D eigenvalue weighted by atomic mass is 16.4. The maximum atomic E-state index is 12.6. The largest absolute Gasteiger partial charge is 0.481 e. The number of hydrogen-bond donors (Lipinski definition) is 1. The second kappa shape index (κ2) is 4.62. The number of amides is 2. The minimum absolute atomic E-state index is 0.0307. The summed E-state index contributed by atoms with van der Waals surface area (Å²) in [5.41, 5.74) is -1.18. The molecule has 2 rings (SSSR count). The standard InChI is InChI=1S/C14H21NO4/c1-13(2,8-5-11(17)18)15-10(16)9-14(12(15)19)6-3-4-7-14/h3-9H2,1-2H3,(H,17,18). The number of likely N-dealkylation sites (tertiary alicyclic amines) is 1. The van der Waals surface area contributed by atoms with Crippen molar-refractivity contribution >= 4 is 17.8 Å². The average molecular weight is 267 g/mol. The highest BCUT2D eigenvalue weighted by Crippen LogP contribution is 2.48. The van der Waals surface area contributed by atoms with Crippen molar-refractivity contribution < 1.29 is 19.5 Å². The summed E-state index contributed by atoms with van der Waals surface area (Å²) in [6.07, 6.45) is 4.17. The van der Waals surface area contributed by atoms with E-state index in [-0.39, 0.29) is 18.2 Å². The first-order chi connectivity index (χ1) is 8.78. The number of nitrogens with zero attached hydrogens (tertiary/aromatic N) is 1. The summed E-state index contributed by atoms with van der Waals surface area (Å²) in [5, 5.41) is 8.77. The van der Waals surface area contributed by atoms with Gasteiger partial charge in [-0.15, -0.1) is 0 Å². The molecule has 1 spiro atoms. The number of carboxylic acid groups (broad SMARTS) is 1. The second-order valence-electron chi connectivity index (χ2n) is 6.40. The van der Waals surface area contributed by atoms with Crippen molar-refractivity contribution in [1.82, 2.24) is 4.90 Å². The molecule has 2 fully saturated rings. The third-order valence-corrected chi connectivity index (χ3v) is 4.51. The molecule has 2 aliphatic rings. The van der Waals surface area contributed by atoms with E-state index in [4.69, 9.17) is 5.11 Å². The van der Waals surface area contributed by atoms with Crippen molar-refractivity contribution in [2.75, 3.05) is 0 Å². The Morgan fingerprint density at radius 1 is 1.32 bits per heavy atom. The summed E-state index contributed by atoms with van der Waals surface area (Å²) in [6.45, 7) is 3.55. The van der Waals surface area contributed by atoms with Crippen molar-refractivity contribution in [3.05, 3.63) is 0 Å². The average Bonchev–Trinajstić information content (AvgIpc) is 2.84. The molecule has 2 amide bonds. The summed E-state index contributed by atoms with van der Waals surface area (Å²) in [4.78, 5) is 36.8. The van der Waals surface area contributed by atoms with Gasteiger partial charge < -0.3 is 5.11 Å². The lowest BCUT2D eigenvalue weighted by atomic mass is 9.84. The Kier molecular flexibility index (Phi) is 3.41. The minimum Gasteiger partial charge on any atom is -0.481 e. The lowest BCUT2D eigenvalue weighted by Gasteiger charge is -2.35. The first-order valence-corrected chi connectivity index (χ1v) is 6.88. The molecule has 0 aromatic rings. The van der Waals surface area contributed by atoms with E-state index in [9.17, 15) is 14.4 Å². The molecule has 0 atom stereocenters. The van der Waals surface area contributed by atoms with Gasteiger partial charge in [-0.05, 0) is 33.1 Å².